The van der Waals surface area contributed by atoms with E-state index < -0.39 is 41.1 Å². The zero-order chi connectivity index (χ0) is 31.5. The number of aliphatic hydroxyl groups is 1. The van der Waals surface area contributed by atoms with Crippen molar-refractivity contribution in [3.05, 3.63) is 49.6 Å². The second-order valence-electron chi connectivity index (χ2n) is 12.1. The average Bonchev–Trinajstić information content (AvgIpc) is 3.63. The fraction of sp³-hybridized carbons (Fsp3) is 0.618. The van der Waals surface area contributed by atoms with Crippen LogP contribution in [0.1, 0.15) is 60.3 Å². The molecule has 43 heavy (non-hydrogen) atoms. The molecule has 3 fully saturated rings. The van der Waals surface area contributed by atoms with Gasteiger partial charge in [-0.15, -0.1) is 6.58 Å². The molecule has 7 atom stereocenters. The van der Waals surface area contributed by atoms with Crippen LogP contribution in [0.3, 0.4) is 0 Å². The first kappa shape index (κ1) is 32.7. The van der Waals surface area contributed by atoms with Gasteiger partial charge in [0.2, 0.25) is 5.91 Å². The Morgan fingerprint density at radius 3 is 2.30 bits per heavy atom. The van der Waals surface area contributed by atoms with Crippen molar-refractivity contribution in [1.29, 1.82) is 0 Å². The third-order valence-electron chi connectivity index (χ3n) is 10.2. The number of carbonyl (C=O) groups is 3. The molecule has 4 rings (SSSR count). The van der Waals surface area contributed by atoms with Gasteiger partial charge in [0.1, 0.15) is 24.2 Å². The number of hydrogen-bond acceptors (Lipinski definition) is 7. The summed E-state index contributed by atoms with van der Waals surface area (Å²) >= 11 is 0. The molecule has 9 heteroatoms. The monoisotopic (exact) mass is 595 g/mol. The first-order valence-electron chi connectivity index (χ1n) is 15.8. The van der Waals surface area contributed by atoms with Gasteiger partial charge in [-0.1, -0.05) is 45.9 Å². The summed E-state index contributed by atoms with van der Waals surface area (Å²) in [4.78, 5) is 48.5. The van der Waals surface area contributed by atoms with E-state index in [1.165, 1.54) is 6.08 Å². The molecule has 1 spiro atoms. The van der Waals surface area contributed by atoms with Gasteiger partial charge in [-0.3, -0.25) is 14.4 Å². The summed E-state index contributed by atoms with van der Waals surface area (Å²) in [6.07, 6.45) is 5.36. The zero-order valence-corrected chi connectivity index (χ0v) is 26.5. The standard InChI is InChI=1S/C34H49N3O6/c1-8-20-36(25-16-14-24(15-17-25)35(12-5)13-6)31(40)29-34-19-18-33(11-4,43-34)28(32(41)42-21-9-2)27(34)30(39)37(29)26(22-38)23(7)10-3/h8-9,14-17,23,26-29,38H,1-2,10-13,18-22H2,3-7H3/t23-,26-,27-,28-,29?,33+,34?/m0/s1. The number of aliphatic hydroxyl groups excluding tert-OH is 1. The van der Waals surface area contributed by atoms with Gasteiger partial charge in [-0.25, -0.2) is 0 Å². The Balaban J connectivity index is 1.84. The number of benzene rings is 1. The first-order valence-corrected chi connectivity index (χ1v) is 15.8. The highest BCUT2D eigenvalue weighted by Gasteiger charge is 2.79. The molecular weight excluding hydrogens is 546 g/mol. The molecular formula is C34H49N3O6. The topological polar surface area (TPSA) is 99.6 Å². The van der Waals surface area contributed by atoms with E-state index >= 15 is 0 Å². The van der Waals surface area contributed by atoms with E-state index in [1.807, 2.05) is 45.0 Å². The number of carbonyl (C=O) groups excluding carboxylic acids is 3. The van der Waals surface area contributed by atoms with Crippen LogP contribution in [0.5, 0.6) is 0 Å². The van der Waals surface area contributed by atoms with Crippen molar-refractivity contribution in [1.82, 2.24) is 4.90 Å². The lowest BCUT2D eigenvalue weighted by Gasteiger charge is -2.41. The molecule has 1 aromatic carbocycles. The van der Waals surface area contributed by atoms with E-state index in [2.05, 4.69) is 31.9 Å². The molecule has 3 saturated heterocycles. The van der Waals surface area contributed by atoms with Crippen LogP contribution in [0.25, 0.3) is 0 Å². The number of rotatable bonds is 15. The summed E-state index contributed by atoms with van der Waals surface area (Å²) in [6.45, 7) is 19.3. The summed E-state index contributed by atoms with van der Waals surface area (Å²) in [5.74, 6) is -2.97. The summed E-state index contributed by atoms with van der Waals surface area (Å²) in [6, 6.07) is 6.18. The third kappa shape index (κ3) is 5.29. The lowest BCUT2D eigenvalue weighted by molar-refractivity contribution is -0.161. The predicted octanol–water partition coefficient (Wildman–Crippen LogP) is 4.34. The van der Waals surface area contributed by atoms with Crippen LogP contribution in [0.2, 0.25) is 0 Å². The number of esters is 1. The highest BCUT2D eigenvalue weighted by molar-refractivity contribution is 6.05. The Labute approximate surface area is 256 Å². The van der Waals surface area contributed by atoms with E-state index in [0.717, 1.165) is 18.8 Å². The molecule has 3 aliphatic rings. The Hall–Kier alpha value is -3.17. The fourth-order valence-corrected chi connectivity index (χ4v) is 7.73. The predicted molar refractivity (Wildman–Crippen MR) is 168 cm³/mol. The smallest absolute Gasteiger partial charge is 0.313 e. The molecule has 2 bridgehead atoms. The molecule has 9 nitrogen and oxygen atoms in total. The van der Waals surface area contributed by atoms with Gasteiger partial charge in [-0.05, 0) is 63.3 Å². The van der Waals surface area contributed by atoms with E-state index in [9.17, 15) is 19.5 Å². The van der Waals surface area contributed by atoms with Gasteiger partial charge in [-0.2, -0.15) is 0 Å². The van der Waals surface area contributed by atoms with Crippen LogP contribution in [0, 0.1) is 17.8 Å². The lowest BCUT2D eigenvalue weighted by Crippen LogP contribution is -2.60. The molecule has 0 aromatic heterocycles. The minimum absolute atomic E-state index is 0.0256. The summed E-state index contributed by atoms with van der Waals surface area (Å²) in [7, 11) is 0. The molecule has 2 unspecified atom stereocenters. The van der Waals surface area contributed by atoms with Crippen LogP contribution in [-0.2, 0) is 23.9 Å². The van der Waals surface area contributed by atoms with Gasteiger partial charge < -0.3 is 29.3 Å². The summed E-state index contributed by atoms with van der Waals surface area (Å²) in [5.41, 5.74) is -0.388. The second kappa shape index (κ2) is 13.2. The normalized spacial score (nSPS) is 28.7. The Morgan fingerprint density at radius 2 is 1.77 bits per heavy atom. The minimum atomic E-state index is -1.22. The number of amides is 2. The zero-order valence-electron chi connectivity index (χ0n) is 26.5. The molecule has 1 aromatic rings. The minimum Gasteiger partial charge on any atom is -0.461 e. The van der Waals surface area contributed by atoms with Crippen molar-refractivity contribution in [3.8, 4) is 0 Å². The van der Waals surface area contributed by atoms with E-state index in [-0.39, 0.29) is 37.5 Å². The average molecular weight is 596 g/mol. The number of nitrogens with zero attached hydrogens (tertiary/aromatic N) is 3. The number of fused-ring (bicyclic) bond motifs is 1. The Morgan fingerprint density at radius 1 is 1.12 bits per heavy atom. The second-order valence-corrected chi connectivity index (χ2v) is 12.1. The van der Waals surface area contributed by atoms with Crippen molar-refractivity contribution in [2.75, 3.05) is 42.6 Å². The van der Waals surface area contributed by atoms with Crippen LogP contribution >= 0.6 is 0 Å². The third-order valence-corrected chi connectivity index (χ3v) is 10.2. The maximum Gasteiger partial charge on any atom is 0.313 e. The van der Waals surface area contributed by atoms with E-state index in [1.54, 1.807) is 15.9 Å². The lowest BCUT2D eigenvalue weighted by atomic mass is 9.65. The molecule has 3 heterocycles. The molecule has 1 N–H and O–H groups in total. The van der Waals surface area contributed by atoms with Gasteiger partial charge >= 0.3 is 5.97 Å². The highest BCUT2D eigenvalue weighted by atomic mass is 16.6. The first-order chi connectivity index (χ1) is 20.6. The van der Waals surface area contributed by atoms with Gasteiger partial charge in [0.15, 0.2) is 0 Å². The summed E-state index contributed by atoms with van der Waals surface area (Å²) < 4.78 is 12.4. The number of likely N-dealkylation sites (tertiary alicyclic amines) is 1. The van der Waals surface area contributed by atoms with E-state index in [4.69, 9.17) is 9.47 Å². The molecule has 0 saturated carbocycles. The maximum atomic E-state index is 14.9. The SMILES string of the molecule is C=CCOC(=O)[C@@H]1[C@H]2C(=O)N([C@@H](CO)[C@@H](C)CC)C(C(=O)N(CC=C)c3ccc(N(CC)CC)cc3)C23CC[C@@]1(CC)O3. The van der Waals surface area contributed by atoms with Crippen molar-refractivity contribution < 1.29 is 29.0 Å². The maximum absolute atomic E-state index is 14.9. The molecule has 0 radical (unpaired) electrons. The van der Waals surface area contributed by atoms with Crippen LogP contribution in [0.4, 0.5) is 11.4 Å². The van der Waals surface area contributed by atoms with Crippen molar-refractivity contribution in [2.45, 2.75) is 83.6 Å². The molecule has 3 aliphatic heterocycles. The molecule has 0 aliphatic carbocycles. The Kier molecular flexibility index (Phi) is 10.1. The van der Waals surface area contributed by atoms with Crippen molar-refractivity contribution in [2.24, 2.45) is 17.8 Å². The van der Waals surface area contributed by atoms with Crippen molar-refractivity contribution >= 4 is 29.2 Å². The van der Waals surface area contributed by atoms with Gasteiger partial charge in [0.05, 0.1) is 24.2 Å². The van der Waals surface area contributed by atoms with E-state index in [0.29, 0.717) is 31.4 Å². The fourth-order valence-electron chi connectivity index (χ4n) is 7.73. The van der Waals surface area contributed by atoms with Crippen LogP contribution in [-0.4, -0.2) is 83.9 Å². The number of ether oxygens (including phenoxy) is 2. The van der Waals surface area contributed by atoms with Gasteiger partial charge in [0, 0.05) is 31.0 Å². The van der Waals surface area contributed by atoms with Crippen LogP contribution in [0.15, 0.2) is 49.6 Å². The quantitative estimate of drug-likeness (QED) is 0.238. The van der Waals surface area contributed by atoms with Gasteiger partial charge in [0.25, 0.3) is 5.91 Å². The molecule has 236 valence electrons. The van der Waals surface area contributed by atoms with Crippen LogP contribution < -0.4 is 9.80 Å². The Bertz CT molecular complexity index is 1200. The highest BCUT2D eigenvalue weighted by Crippen LogP contribution is 2.65. The summed E-state index contributed by atoms with van der Waals surface area (Å²) in [5, 5.41) is 10.6. The number of hydrogen-bond donors (Lipinski definition) is 1. The molecule has 2 amide bonds. The largest absolute Gasteiger partial charge is 0.461 e. The van der Waals surface area contributed by atoms with Crippen molar-refractivity contribution in [3.63, 3.8) is 0 Å². The number of anilines is 2.